The monoisotopic (exact) mass is 358 g/mol. The van der Waals surface area contributed by atoms with Crippen molar-refractivity contribution in [2.75, 3.05) is 5.32 Å². The van der Waals surface area contributed by atoms with Gasteiger partial charge in [0.15, 0.2) is 0 Å². The maximum Gasteiger partial charge on any atom is 0.241 e. The van der Waals surface area contributed by atoms with Crippen LogP contribution in [0.3, 0.4) is 0 Å². The fraction of sp³-hybridized carbons (Fsp3) is 0.533. The molecule has 3 nitrogen and oxygen atoms in total. The minimum absolute atomic E-state index is 0. The van der Waals surface area contributed by atoms with Crippen molar-refractivity contribution in [3.8, 4) is 0 Å². The van der Waals surface area contributed by atoms with Crippen LogP contribution in [0.4, 0.5) is 5.69 Å². The van der Waals surface area contributed by atoms with E-state index in [1.807, 2.05) is 24.3 Å². The topological polar surface area (TPSA) is 41.1 Å². The normalized spacial score (nSPS) is 28.4. The number of carbonyl (C=O) groups excluding carboxylic acids is 1. The molecule has 2 fully saturated rings. The van der Waals surface area contributed by atoms with Crippen molar-refractivity contribution >= 4 is 39.9 Å². The van der Waals surface area contributed by atoms with E-state index in [2.05, 4.69) is 26.6 Å². The van der Waals surface area contributed by atoms with Gasteiger partial charge in [-0.2, -0.15) is 0 Å². The molecule has 1 saturated heterocycles. The fourth-order valence-electron chi connectivity index (χ4n) is 3.32. The van der Waals surface area contributed by atoms with Crippen LogP contribution in [0.15, 0.2) is 28.7 Å². The maximum atomic E-state index is 12.3. The Hall–Kier alpha value is -0.580. The number of nitrogens with one attached hydrogen (secondary N) is 2. The van der Waals surface area contributed by atoms with Crippen molar-refractivity contribution in [1.29, 1.82) is 0 Å². The minimum Gasteiger partial charge on any atom is -0.325 e. The second-order valence-electron chi connectivity index (χ2n) is 5.61. The van der Waals surface area contributed by atoms with E-state index in [1.165, 1.54) is 25.7 Å². The molecule has 5 heteroatoms. The minimum atomic E-state index is -0.0212. The van der Waals surface area contributed by atoms with E-state index in [-0.39, 0.29) is 24.4 Å². The summed E-state index contributed by atoms with van der Waals surface area (Å²) >= 11 is 3.42. The van der Waals surface area contributed by atoms with Crippen molar-refractivity contribution < 1.29 is 4.79 Å². The summed E-state index contributed by atoms with van der Waals surface area (Å²) in [7, 11) is 0. The summed E-state index contributed by atoms with van der Waals surface area (Å²) < 4.78 is 0.985. The Bertz CT molecular complexity index is 469. The van der Waals surface area contributed by atoms with E-state index in [4.69, 9.17) is 0 Å². The molecule has 3 unspecified atom stereocenters. The molecular weight excluding hydrogens is 340 g/mol. The zero-order chi connectivity index (χ0) is 13.2. The van der Waals surface area contributed by atoms with Gasteiger partial charge in [0.05, 0.1) is 6.04 Å². The lowest BCUT2D eigenvalue weighted by Gasteiger charge is -2.24. The van der Waals surface area contributed by atoms with Crippen LogP contribution in [-0.2, 0) is 4.79 Å². The van der Waals surface area contributed by atoms with Crippen LogP contribution in [0.2, 0.25) is 0 Å². The van der Waals surface area contributed by atoms with Crippen LogP contribution >= 0.6 is 28.3 Å². The Morgan fingerprint density at radius 1 is 1.30 bits per heavy atom. The van der Waals surface area contributed by atoms with E-state index >= 15 is 0 Å². The third-order valence-electron chi connectivity index (χ3n) is 4.27. The largest absolute Gasteiger partial charge is 0.325 e. The molecule has 1 aliphatic heterocycles. The van der Waals surface area contributed by atoms with Gasteiger partial charge in [0.1, 0.15) is 0 Å². The summed E-state index contributed by atoms with van der Waals surface area (Å²) in [6.07, 6.45) is 6.12. The van der Waals surface area contributed by atoms with E-state index in [9.17, 15) is 4.79 Å². The molecule has 1 amide bonds. The zero-order valence-electron chi connectivity index (χ0n) is 11.3. The summed E-state index contributed by atoms with van der Waals surface area (Å²) in [5.41, 5.74) is 0.857. The summed E-state index contributed by atoms with van der Waals surface area (Å²) in [6, 6.07) is 8.28. The Balaban J connectivity index is 0.00000147. The predicted molar refractivity (Wildman–Crippen MR) is 87.3 cm³/mol. The van der Waals surface area contributed by atoms with E-state index in [0.717, 1.165) is 16.6 Å². The highest BCUT2D eigenvalue weighted by atomic mass is 79.9. The number of hydrogen-bond donors (Lipinski definition) is 2. The van der Waals surface area contributed by atoms with E-state index in [0.29, 0.717) is 12.0 Å². The lowest BCUT2D eigenvalue weighted by molar-refractivity contribution is -0.117. The first-order valence-corrected chi connectivity index (χ1v) is 7.84. The van der Waals surface area contributed by atoms with Crippen molar-refractivity contribution in [2.24, 2.45) is 5.92 Å². The molecule has 2 N–H and O–H groups in total. The fourth-order valence-corrected chi connectivity index (χ4v) is 3.72. The summed E-state index contributed by atoms with van der Waals surface area (Å²) in [5, 5.41) is 6.51. The molecule has 20 heavy (non-hydrogen) atoms. The van der Waals surface area contributed by atoms with Gasteiger partial charge in [-0.15, -0.1) is 12.4 Å². The third-order valence-corrected chi connectivity index (χ3v) is 4.76. The Morgan fingerprint density at radius 3 is 2.85 bits per heavy atom. The predicted octanol–water partition coefficient (Wildman–Crippen LogP) is 3.73. The summed E-state index contributed by atoms with van der Waals surface area (Å²) in [6.45, 7) is 0. The Morgan fingerprint density at radius 2 is 2.10 bits per heavy atom. The number of hydrogen-bond acceptors (Lipinski definition) is 2. The van der Waals surface area contributed by atoms with Crippen molar-refractivity contribution in [3.63, 3.8) is 0 Å². The molecule has 3 rings (SSSR count). The second-order valence-corrected chi connectivity index (χ2v) is 6.52. The first-order valence-electron chi connectivity index (χ1n) is 7.05. The van der Waals surface area contributed by atoms with E-state index < -0.39 is 0 Å². The third kappa shape index (κ3) is 3.54. The Labute approximate surface area is 134 Å². The molecule has 0 spiro atoms. The highest BCUT2D eigenvalue weighted by molar-refractivity contribution is 9.10. The van der Waals surface area contributed by atoms with Gasteiger partial charge in [0, 0.05) is 16.2 Å². The first kappa shape index (κ1) is 15.8. The highest BCUT2D eigenvalue weighted by Gasteiger charge is 2.38. The van der Waals surface area contributed by atoms with Gasteiger partial charge < -0.3 is 10.6 Å². The molecule has 110 valence electrons. The average molecular weight is 360 g/mol. The molecule has 0 radical (unpaired) electrons. The molecule has 3 atom stereocenters. The number of halogens is 2. The number of rotatable bonds is 2. The van der Waals surface area contributed by atoms with Crippen molar-refractivity contribution in [1.82, 2.24) is 5.32 Å². The number of benzene rings is 1. The molecule has 2 aliphatic rings. The quantitative estimate of drug-likeness (QED) is 0.845. The van der Waals surface area contributed by atoms with Crippen LogP contribution in [0, 0.1) is 5.92 Å². The molecule has 0 bridgehead atoms. The van der Waals surface area contributed by atoms with Gasteiger partial charge in [-0.25, -0.2) is 0 Å². The maximum absolute atomic E-state index is 12.3. The molecule has 1 aliphatic carbocycles. The smallest absolute Gasteiger partial charge is 0.241 e. The van der Waals surface area contributed by atoms with Gasteiger partial charge in [-0.3, -0.25) is 4.79 Å². The number of carbonyl (C=O) groups is 1. The van der Waals surface area contributed by atoms with Gasteiger partial charge >= 0.3 is 0 Å². The number of anilines is 1. The standard InChI is InChI=1S/C15H19BrN2O.ClH/c16-11-5-3-6-12(9-11)17-15(19)14-8-10-4-1-2-7-13(10)18-14;/h3,5-6,9-10,13-14,18H,1-2,4,7-8H2,(H,17,19);1H. The first-order chi connectivity index (χ1) is 9.22. The molecule has 1 heterocycles. The lowest BCUT2D eigenvalue weighted by Crippen LogP contribution is -2.39. The highest BCUT2D eigenvalue weighted by Crippen LogP contribution is 2.33. The molecule has 1 saturated carbocycles. The molecular formula is C15H20BrClN2O. The van der Waals surface area contributed by atoms with Gasteiger partial charge in [0.2, 0.25) is 5.91 Å². The van der Waals surface area contributed by atoms with Gasteiger partial charge in [-0.1, -0.05) is 34.8 Å². The van der Waals surface area contributed by atoms with Crippen LogP contribution in [0.5, 0.6) is 0 Å². The zero-order valence-corrected chi connectivity index (χ0v) is 13.7. The van der Waals surface area contributed by atoms with Crippen LogP contribution in [-0.4, -0.2) is 18.0 Å². The number of fused-ring (bicyclic) bond motifs is 1. The molecule has 0 aromatic heterocycles. The van der Waals surface area contributed by atoms with Crippen LogP contribution in [0.1, 0.15) is 32.1 Å². The molecule has 1 aromatic rings. The van der Waals surface area contributed by atoms with Crippen molar-refractivity contribution in [3.05, 3.63) is 28.7 Å². The molecule has 1 aromatic carbocycles. The lowest BCUT2D eigenvalue weighted by atomic mass is 9.85. The average Bonchev–Trinajstić information content (AvgIpc) is 2.82. The second kappa shape index (κ2) is 6.92. The number of amides is 1. The van der Waals surface area contributed by atoms with Crippen LogP contribution < -0.4 is 10.6 Å². The van der Waals surface area contributed by atoms with Gasteiger partial charge in [-0.05, 0) is 43.4 Å². The summed E-state index contributed by atoms with van der Waals surface area (Å²) in [4.78, 5) is 12.3. The van der Waals surface area contributed by atoms with Gasteiger partial charge in [0.25, 0.3) is 0 Å². The SMILES string of the molecule is Cl.O=C(Nc1cccc(Br)c1)C1CC2CCCCC2N1. The van der Waals surface area contributed by atoms with Crippen molar-refractivity contribution in [2.45, 2.75) is 44.2 Å². The Kier molecular flexibility index (Phi) is 5.47. The summed E-state index contributed by atoms with van der Waals surface area (Å²) in [5.74, 6) is 0.805. The van der Waals surface area contributed by atoms with E-state index in [1.54, 1.807) is 0 Å². The van der Waals surface area contributed by atoms with Crippen LogP contribution in [0.25, 0.3) is 0 Å².